The van der Waals surface area contributed by atoms with Crippen molar-refractivity contribution < 1.29 is 37.0 Å². The number of halogens is 4. The fourth-order valence-corrected chi connectivity index (χ4v) is 2.65. The molecule has 3 rings (SSSR count). The van der Waals surface area contributed by atoms with E-state index in [1.807, 2.05) is 0 Å². The van der Waals surface area contributed by atoms with Gasteiger partial charge in [-0.3, -0.25) is 4.79 Å². The van der Waals surface area contributed by atoms with Crippen LogP contribution in [-0.4, -0.2) is 24.0 Å². The van der Waals surface area contributed by atoms with E-state index in [1.54, 1.807) is 6.07 Å². The van der Waals surface area contributed by atoms with Crippen molar-refractivity contribution >= 4 is 28.5 Å². The number of hydrogen-bond acceptors (Lipinski definition) is 5. The Morgan fingerprint density at radius 1 is 1.18 bits per heavy atom. The maximum Gasteiger partial charge on any atom is 0.573 e. The van der Waals surface area contributed by atoms with Gasteiger partial charge in [0, 0.05) is 12.1 Å². The van der Waals surface area contributed by atoms with Crippen LogP contribution in [0.4, 0.5) is 13.2 Å². The molecule has 0 spiro atoms. The van der Waals surface area contributed by atoms with E-state index in [-0.39, 0.29) is 33.1 Å². The number of para-hydroxylation sites is 1. The summed E-state index contributed by atoms with van der Waals surface area (Å²) in [7, 11) is 0. The van der Waals surface area contributed by atoms with Gasteiger partial charge in [-0.1, -0.05) is 17.7 Å². The number of hydrogen-bond donors (Lipinski definition) is 1. The van der Waals surface area contributed by atoms with Gasteiger partial charge >= 0.3 is 12.3 Å². The molecular weight excluding hydrogens is 405 g/mol. The average molecular weight is 415 g/mol. The van der Waals surface area contributed by atoms with Crippen LogP contribution in [0.15, 0.2) is 51.7 Å². The number of carboxylic acid groups (broad SMARTS) is 1. The molecule has 3 aromatic rings. The van der Waals surface area contributed by atoms with Gasteiger partial charge in [0.15, 0.2) is 17.6 Å². The Kier molecular flexibility index (Phi) is 5.19. The normalized spacial score (nSPS) is 11.4. The lowest BCUT2D eigenvalue weighted by Crippen LogP contribution is -2.17. The van der Waals surface area contributed by atoms with Crippen molar-refractivity contribution in [3.05, 3.63) is 57.7 Å². The first-order valence-corrected chi connectivity index (χ1v) is 7.99. The van der Waals surface area contributed by atoms with E-state index in [9.17, 15) is 22.8 Å². The molecule has 0 radical (unpaired) electrons. The molecule has 0 saturated carbocycles. The van der Waals surface area contributed by atoms with Crippen LogP contribution in [0.1, 0.15) is 0 Å². The Balaban J connectivity index is 2.14. The van der Waals surface area contributed by atoms with Crippen molar-refractivity contribution in [2.45, 2.75) is 6.36 Å². The molecule has 1 N–H and O–H groups in total. The molecule has 10 heteroatoms. The van der Waals surface area contributed by atoms with Gasteiger partial charge < -0.3 is 19.0 Å². The number of benzene rings is 2. The predicted octanol–water partition coefficient (Wildman–Crippen LogP) is 4.48. The lowest BCUT2D eigenvalue weighted by molar-refractivity contribution is -0.274. The summed E-state index contributed by atoms with van der Waals surface area (Å²) in [5.74, 6) is -2.32. The van der Waals surface area contributed by atoms with Crippen molar-refractivity contribution in [1.82, 2.24) is 0 Å². The van der Waals surface area contributed by atoms with Crippen LogP contribution in [-0.2, 0) is 4.79 Å². The molecule has 0 atom stereocenters. The molecule has 1 heterocycles. The molecule has 2 aromatic carbocycles. The minimum Gasteiger partial charge on any atom is -0.481 e. The predicted molar refractivity (Wildman–Crippen MR) is 92.7 cm³/mol. The van der Waals surface area contributed by atoms with Crippen molar-refractivity contribution in [1.29, 1.82) is 0 Å². The number of alkyl halides is 3. The fourth-order valence-electron chi connectivity index (χ4n) is 2.44. The molecule has 1 aromatic heterocycles. The van der Waals surface area contributed by atoms with Gasteiger partial charge in [-0.15, -0.1) is 13.2 Å². The summed E-state index contributed by atoms with van der Waals surface area (Å²) in [5.41, 5.74) is -0.320. The smallest absolute Gasteiger partial charge is 0.481 e. The summed E-state index contributed by atoms with van der Waals surface area (Å²) in [4.78, 5) is 23.1. The van der Waals surface area contributed by atoms with Crippen molar-refractivity contribution in [2.24, 2.45) is 0 Å². The highest BCUT2D eigenvalue weighted by molar-refractivity contribution is 6.34. The second-order valence-corrected chi connectivity index (χ2v) is 5.89. The second kappa shape index (κ2) is 7.43. The van der Waals surface area contributed by atoms with E-state index < -0.39 is 30.1 Å². The summed E-state index contributed by atoms with van der Waals surface area (Å²) in [5, 5.41) is 9.15. The van der Waals surface area contributed by atoms with E-state index in [0.717, 1.165) is 24.3 Å². The first kappa shape index (κ1) is 19.6. The maximum absolute atomic E-state index is 12.5. The maximum atomic E-state index is 12.5. The van der Waals surface area contributed by atoms with Crippen molar-refractivity contribution in [2.75, 3.05) is 6.61 Å². The molecule has 6 nitrogen and oxygen atoms in total. The molecule has 0 amide bonds. The van der Waals surface area contributed by atoms with Crippen molar-refractivity contribution in [3.8, 4) is 22.8 Å². The molecule has 0 saturated heterocycles. The molecule has 28 heavy (non-hydrogen) atoms. The SMILES string of the molecule is O=C(O)COc1cc(OC(F)(F)F)ccc1-c1cc(=O)c2cccc(Cl)c2o1. The highest BCUT2D eigenvalue weighted by atomic mass is 35.5. The van der Waals surface area contributed by atoms with Crippen LogP contribution in [0.5, 0.6) is 11.5 Å². The summed E-state index contributed by atoms with van der Waals surface area (Å²) in [6.07, 6.45) is -4.95. The van der Waals surface area contributed by atoms with Gasteiger partial charge in [0.2, 0.25) is 0 Å². The van der Waals surface area contributed by atoms with Gasteiger partial charge in [0.1, 0.15) is 17.3 Å². The van der Waals surface area contributed by atoms with Gasteiger partial charge in [0.05, 0.1) is 16.0 Å². The van der Waals surface area contributed by atoms with E-state index >= 15 is 0 Å². The summed E-state index contributed by atoms with van der Waals surface area (Å²) < 4.78 is 51.8. The number of ether oxygens (including phenoxy) is 2. The molecule has 0 aliphatic heterocycles. The Labute approximate surface area is 159 Å². The molecule has 146 valence electrons. The van der Waals surface area contributed by atoms with E-state index in [1.165, 1.54) is 12.1 Å². The number of carboxylic acids is 1. The van der Waals surface area contributed by atoms with E-state index in [4.69, 9.17) is 25.9 Å². The molecule has 0 aliphatic carbocycles. The quantitative estimate of drug-likeness (QED) is 0.662. The number of aliphatic carboxylic acids is 1. The third kappa shape index (κ3) is 4.37. The molecule has 0 aliphatic rings. The monoisotopic (exact) mass is 414 g/mol. The van der Waals surface area contributed by atoms with Gasteiger partial charge in [-0.2, -0.15) is 0 Å². The topological polar surface area (TPSA) is 86.0 Å². The standard InChI is InChI=1S/C18H10ClF3O6/c19-12-3-1-2-10-13(23)7-15(27-17(10)12)11-5-4-9(28-18(20,21)22)6-14(11)26-8-16(24)25/h1-7H,8H2,(H,24,25). The van der Waals surface area contributed by atoms with Crippen LogP contribution >= 0.6 is 11.6 Å². The Hall–Kier alpha value is -3.20. The van der Waals surface area contributed by atoms with Crippen LogP contribution in [0.3, 0.4) is 0 Å². The minimum absolute atomic E-state index is 0.0506. The van der Waals surface area contributed by atoms with Crippen LogP contribution in [0.25, 0.3) is 22.3 Å². The van der Waals surface area contributed by atoms with Gasteiger partial charge in [0.25, 0.3) is 0 Å². The molecule has 0 fully saturated rings. The highest BCUT2D eigenvalue weighted by Crippen LogP contribution is 2.36. The van der Waals surface area contributed by atoms with Gasteiger partial charge in [-0.25, -0.2) is 4.79 Å². The van der Waals surface area contributed by atoms with Crippen LogP contribution in [0.2, 0.25) is 5.02 Å². The first-order valence-electron chi connectivity index (χ1n) is 7.61. The van der Waals surface area contributed by atoms with Gasteiger partial charge in [-0.05, 0) is 24.3 Å². The molecule has 0 bridgehead atoms. The number of fused-ring (bicyclic) bond motifs is 1. The number of carbonyl (C=O) groups is 1. The third-order valence-electron chi connectivity index (χ3n) is 3.51. The third-order valence-corrected chi connectivity index (χ3v) is 3.81. The molecular formula is C18H10ClF3O6. The first-order chi connectivity index (χ1) is 13.1. The zero-order valence-corrected chi connectivity index (χ0v) is 14.5. The van der Waals surface area contributed by atoms with E-state index in [2.05, 4.69) is 4.74 Å². The van der Waals surface area contributed by atoms with Crippen molar-refractivity contribution in [3.63, 3.8) is 0 Å². The Bertz CT molecular complexity index is 1110. The summed E-state index contributed by atoms with van der Waals surface area (Å²) >= 11 is 6.04. The Morgan fingerprint density at radius 3 is 2.61 bits per heavy atom. The van der Waals surface area contributed by atoms with Crippen LogP contribution in [0, 0.1) is 0 Å². The largest absolute Gasteiger partial charge is 0.573 e. The highest BCUT2D eigenvalue weighted by Gasteiger charge is 2.31. The van der Waals surface area contributed by atoms with E-state index in [0.29, 0.717) is 0 Å². The van der Waals surface area contributed by atoms with Crippen LogP contribution < -0.4 is 14.9 Å². The zero-order valence-electron chi connectivity index (χ0n) is 13.7. The lowest BCUT2D eigenvalue weighted by atomic mass is 10.1. The molecule has 0 unspecified atom stereocenters. The number of rotatable bonds is 5. The average Bonchev–Trinajstić information content (AvgIpc) is 2.59. The zero-order chi connectivity index (χ0) is 20.5. The second-order valence-electron chi connectivity index (χ2n) is 5.48. The Morgan fingerprint density at radius 2 is 1.93 bits per heavy atom. The minimum atomic E-state index is -4.95. The lowest BCUT2D eigenvalue weighted by Gasteiger charge is -2.14. The summed E-state index contributed by atoms with van der Waals surface area (Å²) in [6.45, 7) is -0.832. The fraction of sp³-hybridized carbons (Fsp3) is 0.111. The summed E-state index contributed by atoms with van der Waals surface area (Å²) in [6, 6.07) is 8.64.